The molecule has 0 aromatic heterocycles. The van der Waals surface area contributed by atoms with Gasteiger partial charge in [0.1, 0.15) is 36.6 Å². The molecule has 13 nitrogen and oxygen atoms in total. The van der Waals surface area contributed by atoms with Crippen LogP contribution in [0.15, 0.2) is 12.2 Å². The Bertz CT molecular complexity index is 1040. The summed E-state index contributed by atoms with van der Waals surface area (Å²) < 4.78 is 22.8. The molecule has 0 saturated heterocycles. The molecule has 57 heavy (non-hydrogen) atoms. The molecule has 1 amide bonds. The second-order valence-corrected chi connectivity index (χ2v) is 17.9. The summed E-state index contributed by atoms with van der Waals surface area (Å²) in [4.78, 5) is 23.3. The molecule has 1 aliphatic carbocycles. The van der Waals surface area contributed by atoms with Crippen molar-refractivity contribution in [2.24, 2.45) is 0 Å². The van der Waals surface area contributed by atoms with Crippen LogP contribution in [0, 0.1) is 0 Å². The van der Waals surface area contributed by atoms with Crippen LogP contribution in [0.3, 0.4) is 0 Å². The number of phosphoric ester groups is 1. The van der Waals surface area contributed by atoms with Gasteiger partial charge in [0, 0.05) is 0 Å². The van der Waals surface area contributed by atoms with Gasteiger partial charge in [-0.1, -0.05) is 180 Å². The van der Waals surface area contributed by atoms with Gasteiger partial charge in [0.2, 0.25) is 5.91 Å². The van der Waals surface area contributed by atoms with Gasteiger partial charge in [0.05, 0.1) is 31.3 Å². The summed E-state index contributed by atoms with van der Waals surface area (Å²) in [5.74, 6) is -0.594. The van der Waals surface area contributed by atoms with E-state index in [0.717, 1.165) is 44.9 Å². The van der Waals surface area contributed by atoms with Gasteiger partial charge in [-0.15, -0.1) is 0 Å². The Morgan fingerprint density at radius 1 is 0.614 bits per heavy atom. The first-order chi connectivity index (χ1) is 27.3. The van der Waals surface area contributed by atoms with Crippen LogP contribution in [0.5, 0.6) is 0 Å². The van der Waals surface area contributed by atoms with Crippen molar-refractivity contribution in [3.8, 4) is 0 Å². The number of rotatable bonds is 37. The number of phosphoric acid groups is 1. The number of hydrogen-bond acceptors (Lipinski definition) is 11. The van der Waals surface area contributed by atoms with Crippen LogP contribution in [0.2, 0.25) is 0 Å². The maximum absolute atomic E-state index is 12.9. The van der Waals surface area contributed by atoms with Crippen LogP contribution in [0.25, 0.3) is 0 Å². The zero-order valence-electron chi connectivity index (χ0n) is 35.5. The van der Waals surface area contributed by atoms with Gasteiger partial charge in [-0.3, -0.25) is 13.8 Å². The molecule has 0 aromatic carbocycles. The third-order valence-corrected chi connectivity index (χ3v) is 12.1. The lowest BCUT2D eigenvalue weighted by Gasteiger charge is -2.41. The van der Waals surface area contributed by atoms with Gasteiger partial charge in [-0.05, 0) is 19.3 Å². The highest BCUT2D eigenvalue weighted by Crippen LogP contribution is 2.47. The predicted molar refractivity (Wildman–Crippen MR) is 224 cm³/mol. The Labute approximate surface area is 344 Å². The summed E-state index contributed by atoms with van der Waals surface area (Å²) in [6.45, 7) is 3.70. The number of carbonyl (C=O) groups is 1. The summed E-state index contributed by atoms with van der Waals surface area (Å²) in [5, 5.41) is 74.2. The molecule has 8 unspecified atom stereocenters. The molecule has 9 N–H and O–H groups in total. The van der Waals surface area contributed by atoms with Crippen molar-refractivity contribution < 1.29 is 59.0 Å². The zero-order valence-corrected chi connectivity index (χ0v) is 36.4. The van der Waals surface area contributed by atoms with Crippen molar-refractivity contribution in [3.05, 3.63) is 12.2 Å². The van der Waals surface area contributed by atoms with E-state index in [1.165, 1.54) is 122 Å². The summed E-state index contributed by atoms with van der Waals surface area (Å²) >= 11 is 0. The van der Waals surface area contributed by atoms with Gasteiger partial charge in [0.15, 0.2) is 0 Å². The number of amides is 1. The fourth-order valence-electron chi connectivity index (χ4n) is 7.36. The zero-order chi connectivity index (χ0) is 42.3. The molecular weight excluding hydrogens is 753 g/mol. The highest BCUT2D eigenvalue weighted by molar-refractivity contribution is 7.47. The number of carbonyl (C=O) groups excluding carboxylic acids is 1. The molecule has 0 heterocycles. The minimum absolute atomic E-state index is 0.242. The highest BCUT2D eigenvalue weighted by atomic mass is 31.2. The molecule has 1 fully saturated rings. The van der Waals surface area contributed by atoms with E-state index in [4.69, 9.17) is 9.05 Å². The Morgan fingerprint density at radius 3 is 1.44 bits per heavy atom. The van der Waals surface area contributed by atoms with Crippen LogP contribution < -0.4 is 5.32 Å². The number of unbranched alkanes of at least 4 members (excludes halogenated alkanes) is 24. The van der Waals surface area contributed by atoms with E-state index in [0.29, 0.717) is 12.8 Å². The smallest absolute Gasteiger partial charge is 0.393 e. The molecule has 1 rings (SSSR count). The van der Waals surface area contributed by atoms with Crippen LogP contribution >= 0.6 is 7.82 Å². The van der Waals surface area contributed by atoms with Gasteiger partial charge in [-0.25, -0.2) is 4.57 Å². The van der Waals surface area contributed by atoms with Gasteiger partial charge >= 0.3 is 7.82 Å². The standard InChI is InChI=1S/C43H84NO12P/c1-3-5-7-9-11-13-14-15-16-17-18-19-20-21-22-23-25-27-29-31-36(46)35(44-37(47)32-34(45)30-28-26-24-12-10-8-6-4-2)33-55-57(53,54)56-43-41(51)39(49)38(48)40(50)42(43)52/h29,31,34-36,38-43,45-46,48-52H,3-28,30,32-33H2,1-2H3,(H,44,47)(H,53,54)/b31-29+. The van der Waals surface area contributed by atoms with E-state index < -0.39 is 75.2 Å². The molecule has 1 aliphatic rings. The molecule has 338 valence electrons. The van der Waals surface area contributed by atoms with Crippen LogP contribution in [-0.4, -0.2) is 108 Å². The molecular formula is C43H84NO12P. The van der Waals surface area contributed by atoms with Crippen molar-refractivity contribution in [1.29, 1.82) is 0 Å². The third-order valence-electron chi connectivity index (χ3n) is 11.1. The minimum Gasteiger partial charge on any atom is -0.393 e. The topological polar surface area (TPSA) is 226 Å². The van der Waals surface area contributed by atoms with Crippen molar-refractivity contribution in [1.82, 2.24) is 5.32 Å². The molecule has 0 bridgehead atoms. The Kier molecular flexibility index (Phi) is 32.0. The number of nitrogens with one attached hydrogen (secondary N) is 1. The first-order valence-corrected chi connectivity index (χ1v) is 24.2. The quantitative estimate of drug-likeness (QED) is 0.0175. The first kappa shape index (κ1) is 54.1. The largest absolute Gasteiger partial charge is 0.472 e. The average molecular weight is 838 g/mol. The second kappa shape index (κ2) is 33.7. The van der Waals surface area contributed by atoms with E-state index in [1.54, 1.807) is 6.08 Å². The molecule has 0 aliphatic heterocycles. The fourth-order valence-corrected chi connectivity index (χ4v) is 8.33. The van der Waals surface area contributed by atoms with Crippen molar-refractivity contribution in [3.63, 3.8) is 0 Å². The molecule has 0 radical (unpaired) electrons. The van der Waals surface area contributed by atoms with E-state index >= 15 is 0 Å². The van der Waals surface area contributed by atoms with Crippen LogP contribution in [0.1, 0.15) is 194 Å². The van der Waals surface area contributed by atoms with Crippen LogP contribution in [0.4, 0.5) is 0 Å². The number of aliphatic hydroxyl groups excluding tert-OH is 7. The maximum Gasteiger partial charge on any atom is 0.472 e. The monoisotopic (exact) mass is 838 g/mol. The van der Waals surface area contributed by atoms with E-state index in [9.17, 15) is 50.0 Å². The van der Waals surface area contributed by atoms with Gasteiger partial charge < -0.3 is 46.0 Å². The third kappa shape index (κ3) is 26.1. The van der Waals surface area contributed by atoms with Crippen molar-refractivity contribution in [2.75, 3.05) is 6.61 Å². The fraction of sp³-hybridized carbons (Fsp3) is 0.930. The lowest BCUT2D eigenvalue weighted by molar-refractivity contribution is -0.220. The predicted octanol–water partition coefficient (Wildman–Crippen LogP) is 7.03. The van der Waals surface area contributed by atoms with Crippen molar-refractivity contribution >= 4 is 13.7 Å². The number of allylic oxidation sites excluding steroid dienone is 1. The van der Waals surface area contributed by atoms with Crippen molar-refractivity contribution in [2.45, 2.75) is 249 Å². The normalized spacial score (nSPS) is 24.0. The maximum atomic E-state index is 12.9. The van der Waals surface area contributed by atoms with Crippen LogP contribution in [-0.2, 0) is 18.4 Å². The lowest BCUT2D eigenvalue weighted by Crippen LogP contribution is -2.64. The summed E-state index contributed by atoms with van der Waals surface area (Å²) in [6.07, 6.45) is 20.4. The molecule has 0 aromatic rings. The summed E-state index contributed by atoms with van der Waals surface area (Å²) in [6, 6.07) is -1.23. The van der Waals surface area contributed by atoms with Gasteiger partial charge in [-0.2, -0.15) is 0 Å². The summed E-state index contributed by atoms with van der Waals surface area (Å²) in [5.41, 5.74) is 0. The molecule has 0 spiro atoms. The average Bonchev–Trinajstić information content (AvgIpc) is 3.18. The van der Waals surface area contributed by atoms with Gasteiger partial charge in [0.25, 0.3) is 0 Å². The Balaban J connectivity index is 2.53. The number of aliphatic hydroxyl groups is 7. The first-order valence-electron chi connectivity index (χ1n) is 22.7. The highest BCUT2D eigenvalue weighted by Gasteiger charge is 2.51. The Morgan fingerprint density at radius 2 is 1.00 bits per heavy atom. The van der Waals surface area contributed by atoms with E-state index in [-0.39, 0.29) is 6.42 Å². The molecule has 1 saturated carbocycles. The molecule has 14 heteroatoms. The second-order valence-electron chi connectivity index (χ2n) is 16.4. The SMILES string of the molecule is CCCCCCCCCCCCCCCCCCC/C=C/C(O)C(COP(=O)(O)OC1C(O)C(O)C(O)C(O)C1O)NC(=O)CC(O)CCCCCCCCCC. The lowest BCUT2D eigenvalue weighted by atomic mass is 9.85. The minimum atomic E-state index is -5.13. The molecule has 8 atom stereocenters. The van der Waals surface area contributed by atoms with E-state index in [1.807, 2.05) is 0 Å². The summed E-state index contributed by atoms with van der Waals surface area (Å²) in [7, 11) is -5.13. The Hall–Kier alpha value is -0.960. The van der Waals surface area contributed by atoms with E-state index in [2.05, 4.69) is 19.2 Å². The number of hydrogen-bond donors (Lipinski definition) is 9.